The lowest BCUT2D eigenvalue weighted by Crippen LogP contribution is -2.31. The highest BCUT2D eigenvalue weighted by molar-refractivity contribution is 5.98. The molecule has 0 aliphatic heterocycles. The fourth-order valence-corrected chi connectivity index (χ4v) is 2.62. The second-order valence-electron chi connectivity index (χ2n) is 5.67. The Morgan fingerprint density at radius 3 is 2.04 bits per heavy atom. The summed E-state index contributed by atoms with van der Waals surface area (Å²) in [4.78, 5) is 26.4. The predicted octanol–water partition coefficient (Wildman–Crippen LogP) is 2.63. The van der Waals surface area contributed by atoms with Crippen molar-refractivity contribution in [2.45, 2.75) is 19.9 Å². The number of aliphatic hydroxyl groups excluding tert-OH is 1. The molecule has 2 amide bonds. The van der Waals surface area contributed by atoms with E-state index in [2.05, 4.69) is 5.32 Å². The first-order valence-electron chi connectivity index (χ1n) is 8.46. The average Bonchev–Trinajstić information content (AvgIpc) is 2.67. The van der Waals surface area contributed by atoms with Gasteiger partial charge in [0.25, 0.3) is 11.8 Å². The molecule has 5 nitrogen and oxygen atoms in total. The van der Waals surface area contributed by atoms with Crippen LogP contribution in [0.25, 0.3) is 0 Å². The minimum absolute atomic E-state index is 0.0468. The fourth-order valence-electron chi connectivity index (χ4n) is 2.62. The lowest BCUT2D eigenvalue weighted by atomic mass is 10.1. The molecule has 2 N–H and O–H groups in total. The van der Waals surface area contributed by atoms with Crippen LogP contribution in [0.4, 0.5) is 0 Å². The molecule has 0 bridgehead atoms. The summed E-state index contributed by atoms with van der Waals surface area (Å²) in [5.74, 6) is -0.334. The summed E-state index contributed by atoms with van der Waals surface area (Å²) in [5, 5.41) is 12.4. The Labute approximate surface area is 148 Å². The van der Waals surface area contributed by atoms with Crippen molar-refractivity contribution in [2.75, 3.05) is 19.7 Å². The number of hydrogen-bond donors (Lipinski definition) is 2. The second-order valence-corrected chi connectivity index (χ2v) is 5.67. The number of amides is 2. The molecule has 0 heterocycles. The maximum atomic E-state index is 12.4. The van der Waals surface area contributed by atoms with Crippen LogP contribution < -0.4 is 5.32 Å². The molecule has 0 saturated carbocycles. The van der Waals surface area contributed by atoms with Gasteiger partial charge in [-0.05, 0) is 43.7 Å². The average molecular weight is 340 g/mol. The van der Waals surface area contributed by atoms with Crippen LogP contribution in [-0.4, -0.2) is 41.5 Å². The zero-order valence-electron chi connectivity index (χ0n) is 14.6. The summed E-state index contributed by atoms with van der Waals surface area (Å²) >= 11 is 0. The number of carbonyl (C=O) groups is 2. The lowest BCUT2D eigenvalue weighted by Gasteiger charge is -2.19. The first-order valence-corrected chi connectivity index (χ1v) is 8.46. The smallest absolute Gasteiger partial charge is 0.253 e. The normalized spacial score (nSPS) is 11.6. The number of rotatable bonds is 7. The topological polar surface area (TPSA) is 69.6 Å². The van der Waals surface area contributed by atoms with Gasteiger partial charge in [-0.1, -0.05) is 30.3 Å². The van der Waals surface area contributed by atoms with Crippen molar-refractivity contribution in [1.29, 1.82) is 0 Å². The Hall–Kier alpha value is -2.66. The van der Waals surface area contributed by atoms with Crippen LogP contribution in [0, 0.1) is 0 Å². The molecule has 1 unspecified atom stereocenters. The van der Waals surface area contributed by atoms with Gasteiger partial charge in [0.2, 0.25) is 0 Å². The maximum absolute atomic E-state index is 12.4. The number of benzene rings is 2. The van der Waals surface area contributed by atoms with E-state index in [1.165, 1.54) is 0 Å². The van der Waals surface area contributed by atoms with E-state index in [1.54, 1.807) is 29.2 Å². The van der Waals surface area contributed by atoms with Gasteiger partial charge in [0.1, 0.15) is 0 Å². The Morgan fingerprint density at radius 1 is 0.960 bits per heavy atom. The summed E-state index contributed by atoms with van der Waals surface area (Å²) in [6.07, 6.45) is 0. The van der Waals surface area contributed by atoms with E-state index < -0.39 is 6.04 Å². The highest BCUT2D eigenvalue weighted by atomic mass is 16.3. The van der Waals surface area contributed by atoms with Crippen molar-refractivity contribution >= 4 is 11.8 Å². The van der Waals surface area contributed by atoms with E-state index in [-0.39, 0.29) is 18.4 Å². The quantitative estimate of drug-likeness (QED) is 0.814. The van der Waals surface area contributed by atoms with Crippen LogP contribution in [0.15, 0.2) is 54.6 Å². The molecule has 0 saturated heterocycles. The van der Waals surface area contributed by atoms with Crippen LogP contribution in [0.2, 0.25) is 0 Å². The van der Waals surface area contributed by atoms with Crippen molar-refractivity contribution in [1.82, 2.24) is 10.2 Å². The van der Waals surface area contributed by atoms with Crippen LogP contribution in [0.1, 0.15) is 46.2 Å². The Morgan fingerprint density at radius 2 is 1.52 bits per heavy atom. The van der Waals surface area contributed by atoms with E-state index in [0.29, 0.717) is 24.2 Å². The SMILES string of the molecule is CCN(CC)C(=O)c1ccc(C(=O)NC(CO)c2ccccc2)cc1. The molecule has 5 heteroatoms. The van der Waals surface area contributed by atoms with Gasteiger partial charge in [0, 0.05) is 24.2 Å². The third-order valence-electron chi connectivity index (χ3n) is 4.13. The van der Waals surface area contributed by atoms with Gasteiger partial charge in [0.15, 0.2) is 0 Å². The van der Waals surface area contributed by atoms with Gasteiger partial charge < -0.3 is 15.3 Å². The number of aliphatic hydroxyl groups is 1. The zero-order valence-corrected chi connectivity index (χ0v) is 14.6. The maximum Gasteiger partial charge on any atom is 0.253 e. The third-order valence-corrected chi connectivity index (χ3v) is 4.13. The van der Waals surface area contributed by atoms with Crippen LogP contribution in [0.3, 0.4) is 0 Å². The van der Waals surface area contributed by atoms with Crippen LogP contribution in [0.5, 0.6) is 0 Å². The van der Waals surface area contributed by atoms with E-state index >= 15 is 0 Å². The third kappa shape index (κ3) is 4.67. The minimum atomic E-state index is -0.467. The summed E-state index contributed by atoms with van der Waals surface area (Å²) in [6, 6.07) is 15.4. The van der Waals surface area contributed by atoms with Gasteiger partial charge >= 0.3 is 0 Å². The van der Waals surface area contributed by atoms with Crippen molar-refractivity contribution in [3.63, 3.8) is 0 Å². The summed E-state index contributed by atoms with van der Waals surface area (Å²) < 4.78 is 0. The Kier molecular flexibility index (Phi) is 6.71. The molecule has 0 aliphatic rings. The van der Waals surface area contributed by atoms with E-state index in [1.807, 2.05) is 44.2 Å². The van der Waals surface area contributed by atoms with E-state index in [4.69, 9.17) is 0 Å². The molecule has 25 heavy (non-hydrogen) atoms. The largest absolute Gasteiger partial charge is 0.394 e. The first-order chi connectivity index (χ1) is 12.1. The first kappa shape index (κ1) is 18.7. The Balaban J connectivity index is 2.08. The highest BCUT2D eigenvalue weighted by Crippen LogP contribution is 2.14. The molecule has 0 fully saturated rings. The molecule has 2 aromatic carbocycles. The second kappa shape index (κ2) is 8.99. The fraction of sp³-hybridized carbons (Fsp3) is 0.300. The number of nitrogens with zero attached hydrogens (tertiary/aromatic N) is 1. The molecule has 0 radical (unpaired) electrons. The van der Waals surface area contributed by atoms with Crippen molar-refractivity contribution in [3.05, 3.63) is 71.3 Å². The van der Waals surface area contributed by atoms with E-state index in [9.17, 15) is 14.7 Å². The minimum Gasteiger partial charge on any atom is -0.394 e. The molecule has 2 rings (SSSR count). The van der Waals surface area contributed by atoms with Gasteiger partial charge in [-0.2, -0.15) is 0 Å². The number of nitrogens with one attached hydrogen (secondary N) is 1. The molecule has 0 aromatic heterocycles. The number of hydrogen-bond acceptors (Lipinski definition) is 3. The molecule has 132 valence electrons. The summed E-state index contributed by atoms with van der Waals surface area (Å²) in [5.41, 5.74) is 1.85. The molecule has 0 aliphatic carbocycles. The van der Waals surface area contributed by atoms with Crippen molar-refractivity contribution in [2.24, 2.45) is 0 Å². The van der Waals surface area contributed by atoms with Crippen molar-refractivity contribution < 1.29 is 14.7 Å². The summed E-state index contributed by atoms with van der Waals surface area (Å²) in [7, 11) is 0. The van der Waals surface area contributed by atoms with Crippen molar-refractivity contribution in [3.8, 4) is 0 Å². The van der Waals surface area contributed by atoms with Gasteiger partial charge in [-0.25, -0.2) is 0 Å². The molecular formula is C20H24N2O3. The molecule has 0 spiro atoms. The number of carbonyl (C=O) groups excluding carboxylic acids is 2. The van der Waals surface area contributed by atoms with Gasteiger partial charge in [-0.15, -0.1) is 0 Å². The summed E-state index contributed by atoms with van der Waals surface area (Å²) in [6.45, 7) is 4.97. The van der Waals surface area contributed by atoms with Crippen LogP contribution >= 0.6 is 0 Å². The Bertz CT molecular complexity index is 695. The molecule has 1 atom stereocenters. The van der Waals surface area contributed by atoms with Gasteiger partial charge in [0.05, 0.1) is 12.6 Å². The molecule has 2 aromatic rings. The highest BCUT2D eigenvalue weighted by Gasteiger charge is 2.16. The van der Waals surface area contributed by atoms with Gasteiger partial charge in [-0.3, -0.25) is 9.59 Å². The lowest BCUT2D eigenvalue weighted by molar-refractivity contribution is 0.0772. The zero-order chi connectivity index (χ0) is 18.2. The van der Waals surface area contributed by atoms with E-state index in [0.717, 1.165) is 5.56 Å². The van der Waals surface area contributed by atoms with Crippen LogP contribution in [-0.2, 0) is 0 Å². The predicted molar refractivity (Wildman–Crippen MR) is 97.4 cm³/mol. The molecular weight excluding hydrogens is 316 g/mol. The standard InChI is InChI=1S/C20H24N2O3/c1-3-22(4-2)20(25)17-12-10-16(11-13-17)19(24)21-18(14-23)15-8-6-5-7-9-15/h5-13,18,23H,3-4,14H2,1-2H3,(H,21,24). The monoisotopic (exact) mass is 340 g/mol.